The number of hydrogen-bond acceptors (Lipinski definition) is 2. The van der Waals surface area contributed by atoms with E-state index in [1.807, 2.05) is 133 Å². The van der Waals surface area contributed by atoms with Crippen LogP contribution in [0.4, 0.5) is 0 Å². The lowest BCUT2D eigenvalue weighted by Gasteiger charge is -2.38. The Morgan fingerprint density at radius 2 is 0.605 bits per heavy atom. The minimum atomic E-state index is -3.53. The van der Waals surface area contributed by atoms with Crippen LogP contribution in [0, 0.1) is 0 Å². The smallest absolute Gasteiger partial charge is 0.154 e. The Bertz CT molecular complexity index is 1610. The molecule has 212 valence electrons. The van der Waals surface area contributed by atoms with Crippen LogP contribution in [0.3, 0.4) is 0 Å². The van der Waals surface area contributed by atoms with Gasteiger partial charge in [-0.3, -0.25) is 0 Å². The minimum Gasteiger partial charge on any atom is -0.313 e. The van der Waals surface area contributed by atoms with Crippen LogP contribution in [0.25, 0.3) is 0 Å². The van der Waals surface area contributed by atoms with Gasteiger partial charge in [0.1, 0.15) is 0 Å². The molecule has 5 heteroatoms. The maximum Gasteiger partial charge on any atom is 0.154 e. The largest absolute Gasteiger partial charge is 0.313 e. The van der Waals surface area contributed by atoms with Crippen LogP contribution >= 0.6 is 22.2 Å². The zero-order valence-electron chi connectivity index (χ0n) is 23.8. The lowest BCUT2D eigenvalue weighted by Crippen LogP contribution is -2.36. The average Bonchev–Trinajstić information content (AvgIpc) is 3.10. The zero-order valence-corrected chi connectivity index (χ0v) is 26.4. The Kier molecular flexibility index (Phi) is 9.02. The number of rotatable bonds is 10. The first-order valence-electron chi connectivity index (χ1n) is 14.4. The van der Waals surface area contributed by atoms with Crippen molar-refractivity contribution in [3.05, 3.63) is 182 Å². The van der Waals surface area contributed by atoms with Crippen molar-refractivity contribution in [2.75, 3.05) is 6.16 Å². The van der Waals surface area contributed by atoms with Gasteiger partial charge in [-0.05, 0) is 24.7 Å². The molecule has 6 rings (SSSR count). The van der Waals surface area contributed by atoms with E-state index in [2.05, 4.69) is 48.5 Å². The fraction of sp³-hybridized carbons (Fsp3) is 0.0526. The van der Waals surface area contributed by atoms with E-state index < -0.39 is 27.6 Å². The van der Waals surface area contributed by atoms with E-state index in [0.29, 0.717) is 6.16 Å². The second kappa shape index (κ2) is 13.2. The van der Waals surface area contributed by atoms with Gasteiger partial charge in [-0.1, -0.05) is 182 Å². The highest BCUT2D eigenvalue weighted by Crippen LogP contribution is 2.68. The predicted molar refractivity (Wildman–Crippen MR) is 187 cm³/mol. The predicted octanol–water partition coefficient (Wildman–Crippen LogP) is 7.47. The Hall–Kier alpha value is -3.79. The number of benzene rings is 6. The molecule has 0 aromatic heterocycles. The van der Waals surface area contributed by atoms with Crippen LogP contribution in [0.15, 0.2) is 182 Å². The third kappa shape index (κ3) is 5.89. The van der Waals surface area contributed by atoms with Crippen molar-refractivity contribution in [2.45, 2.75) is 5.40 Å². The molecule has 0 heterocycles. The molecule has 0 amide bonds. The highest BCUT2D eigenvalue weighted by atomic mass is 31.2. The van der Waals surface area contributed by atoms with Crippen molar-refractivity contribution in [2.24, 2.45) is 0 Å². The van der Waals surface area contributed by atoms with Gasteiger partial charge in [-0.25, -0.2) is 0 Å². The van der Waals surface area contributed by atoms with Crippen molar-refractivity contribution >= 4 is 54.0 Å². The third-order valence-electron chi connectivity index (χ3n) is 7.88. The Labute approximate surface area is 256 Å². The van der Waals surface area contributed by atoms with Gasteiger partial charge in [0.05, 0.1) is 5.40 Å². The van der Waals surface area contributed by atoms with Crippen LogP contribution < -0.4 is 31.8 Å². The summed E-state index contributed by atoms with van der Waals surface area (Å²) in [4.78, 5) is 0. The first-order chi connectivity index (χ1) is 21.1. The van der Waals surface area contributed by atoms with Crippen LogP contribution in [-0.2, 0) is 9.13 Å². The van der Waals surface area contributed by atoms with Gasteiger partial charge < -0.3 is 9.13 Å². The molecule has 0 aliphatic heterocycles. The van der Waals surface area contributed by atoms with Gasteiger partial charge >= 0.3 is 0 Å². The van der Waals surface area contributed by atoms with Crippen molar-refractivity contribution in [3.63, 3.8) is 0 Å². The molecule has 0 fully saturated rings. The maximum absolute atomic E-state index is 16.3. The maximum atomic E-state index is 16.3. The lowest BCUT2D eigenvalue weighted by atomic mass is 10.4. The van der Waals surface area contributed by atoms with E-state index >= 15 is 9.13 Å². The quantitative estimate of drug-likeness (QED) is 0.150. The summed E-state index contributed by atoms with van der Waals surface area (Å²) in [6.45, 7) is 0. The van der Waals surface area contributed by atoms with Crippen LogP contribution in [0.1, 0.15) is 0 Å². The molecule has 0 spiro atoms. The molecule has 0 bridgehead atoms. The number of hydrogen-bond donors (Lipinski definition) is 0. The summed E-state index contributed by atoms with van der Waals surface area (Å²) in [6, 6.07) is 59.8. The minimum absolute atomic E-state index is 0.492. The van der Waals surface area contributed by atoms with E-state index in [9.17, 15) is 0 Å². The molecule has 6 aromatic carbocycles. The van der Waals surface area contributed by atoms with E-state index in [1.165, 1.54) is 10.6 Å². The fourth-order valence-electron chi connectivity index (χ4n) is 5.78. The van der Waals surface area contributed by atoms with E-state index in [4.69, 9.17) is 0 Å². The second-order valence-corrected chi connectivity index (χ2v) is 19.0. The molecule has 0 aliphatic carbocycles. The Balaban J connectivity index is 1.69. The monoisotopic (exact) mass is 614 g/mol. The molecule has 0 radical (unpaired) electrons. The van der Waals surface area contributed by atoms with E-state index in [-0.39, 0.29) is 0 Å². The highest BCUT2D eigenvalue weighted by molar-refractivity contribution is 7.96. The SMILES string of the molecule is O=P(c1ccccc1)(c1ccccc1)C(CP(c1ccccc1)c1ccccc1)P(=O)(c1ccccc1)c1ccccc1. The summed E-state index contributed by atoms with van der Waals surface area (Å²) in [5, 5.41) is 4.58. The third-order valence-corrected chi connectivity index (χ3v) is 19.3. The first-order valence-corrected chi connectivity index (χ1v) is 19.5. The second-order valence-electron chi connectivity index (χ2n) is 10.4. The fourth-order valence-corrected chi connectivity index (χ4v) is 18.6. The van der Waals surface area contributed by atoms with Gasteiger partial charge in [0.25, 0.3) is 0 Å². The Morgan fingerprint density at radius 1 is 0.372 bits per heavy atom. The lowest BCUT2D eigenvalue weighted by molar-refractivity contribution is 0.575. The van der Waals surface area contributed by atoms with Gasteiger partial charge in [0.15, 0.2) is 14.3 Å². The van der Waals surface area contributed by atoms with Crippen molar-refractivity contribution < 1.29 is 9.13 Å². The van der Waals surface area contributed by atoms with Gasteiger partial charge in [-0.2, -0.15) is 0 Å². The van der Waals surface area contributed by atoms with Gasteiger partial charge in [0, 0.05) is 21.2 Å². The summed E-state index contributed by atoms with van der Waals surface area (Å²) >= 11 is 0. The molecule has 43 heavy (non-hydrogen) atoms. The van der Waals surface area contributed by atoms with Gasteiger partial charge in [0.2, 0.25) is 0 Å². The molecule has 0 saturated heterocycles. The average molecular weight is 615 g/mol. The van der Waals surface area contributed by atoms with Crippen molar-refractivity contribution in [1.29, 1.82) is 0 Å². The summed E-state index contributed by atoms with van der Waals surface area (Å²) in [5.41, 5.74) is 0. The van der Waals surface area contributed by atoms with E-state index in [0.717, 1.165) is 21.2 Å². The standard InChI is InChI=1S/C38H33O2P3/c39-42(34-23-11-3-12-24-34,35-25-13-4-14-26-35)38(31-41(32-19-7-1-8-20-32)33-21-9-2-10-22-33)43(40,36-27-15-5-16-28-36)37-29-17-6-18-30-37/h1-30,38H,31H2. The first kappa shape index (κ1) is 29.3. The molecule has 6 aromatic rings. The molecule has 2 nitrogen and oxygen atoms in total. The van der Waals surface area contributed by atoms with Crippen molar-refractivity contribution in [3.8, 4) is 0 Å². The molecule has 0 N–H and O–H groups in total. The summed E-state index contributed by atoms with van der Waals surface area (Å²) in [7, 11) is -8.08. The normalized spacial score (nSPS) is 12.0. The molecule has 0 saturated carbocycles. The Morgan fingerprint density at radius 3 is 0.860 bits per heavy atom. The molecular weight excluding hydrogens is 581 g/mol. The van der Waals surface area contributed by atoms with Crippen LogP contribution in [0.2, 0.25) is 0 Å². The molecule has 0 unspecified atom stereocenters. The highest BCUT2D eigenvalue weighted by Gasteiger charge is 2.50. The zero-order chi connectivity index (χ0) is 29.5. The van der Waals surface area contributed by atoms with Crippen LogP contribution in [0.5, 0.6) is 0 Å². The van der Waals surface area contributed by atoms with E-state index in [1.54, 1.807) is 0 Å². The summed E-state index contributed by atoms with van der Waals surface area (Å²) < 4.78 is 32.7. The molecular formula is C38H33O2P3. The molecule has 0 atom stereocenters. The van der Waals surface area contributed by atoms with Crippen LogP contribution in [-0.4, -0.2) is 11.6 Å². The topological polar surface area (TPSA) is 34.1 Å². The summed E-state index contributed by atoms with van der Waals surface area (Å²) in [5.74, 6) is 0. The van der Waals surface area contributed by atoms with Crippen molar-refractivity contribution in [1.82, 2.24) is 0 Å². The summed E-state index contributed by atoms with van der Waals surface area (Å²) in [6.07, 6.45) is 0.492. The molecule has 0 aliphatic rings. The van der Waals surface area contributed by atoms with Gasteiger partial charge in [-0.15, -0.1) is 0 Å².